The van der Waals surface area contributed by atoms with Gasteiger partial charge in [-0.3, -0.25) is 4.99 Å². The molecule has 6 atom stereocenters. The molecule has 0 bridgehead atoms. The van der Waals surface area contributed by atoms with Crippen molar-refractivity contribution in [3.63, 3.8) is 0 Å². The molecule has 1 N–H and O–H groups in total. The quantitative estimate of drug-likeness (QED) is 0.234. The molecule has 202 valence electrons. The Kier molecular flexibility index (Phi) is 4.78. The minimum atomic E-state index is 0.148. The van der Waals surface area contributed by atoms with Crippen LogP contribution in [0.25, 0.3) is 43.9 Å². The van der Waals surface area contributed by atoms with Crippen LogP contribution in [0.1, 0.15) is 29.2 Å². The Morgan fingerprint density at radius 1 is 0.810 bits per heavy atom. The van der Waals surface area contributed by atoms with Crippen LogP contribution in [0.5, 0.6) is 0 Å². The number of rotatable bonds is 2. The molecule has 1 saturated heterocycles. The lowest BCUT2D eigenvalue weighted by atomic mass is 9.82. The summed E-state index contributed by atoms with van der Waals surface area (Å²) in [5.41, 5.74) is 8.73. The van der Waals surface area contributed by atoms with E-state index in [1.165, 1.54) is 49.4 Å². The normalized spacial score (nSPS) is 28.7. The van der Waals surface area contributed by atoms with Gasteiger partial charge in [0.2, 0.25) is 0 Å². The maximum atomic E-state index is 6.43. The average molecular weight is 561 g/mol. The maximum Gasteiger partial charge on any atom is 0.143 e. The molecule has 2 aliphatic heterocycles. The second-order valence-electron chi connectivity index (χ2n) is 12.1. The zero-order valence-corrected chi connectivity index (χ0v) is 23.7. The summed E-state index contributed by atoms with van der Waals surface area (Å²) in [7, 11) is 0. The molecular weight excluding hydrogens is 532 g/mol. The van der Waals surface area contributed by atoms with Crippen molar-refractivity contribution in [1.82, 2.24) is 5.32 Å². The third-order valence-electron chi connectivity index (χ3n) is 9.96. The van der Waals surface area contributed by atoms with Gasteiger partial charge in [-0.2, -0.15) is 0 Å². The second kappa shape index (κ2) is 8.62. The standard InChI is InChI=1S/C38H28N2OS/c1-2-9-21(10-3-1)34-37-35(26-12-5-7-16-32(26)42-37)40-38(39-34)22-17-18-23-25-13-8-14-27-33(25)29(28(23)19-22)20-30-24-11-4-6-15-31(24)41-36(27)30/h1-18,20,22,26,32,34-35,37H,19H2,(H,39,40). The van der Waals surface area contributed by atoms with Gasteiger partial charge in [0.1, 0.15) is 17.0 Å². The van der Waals surface area contributed by atoms with Gasteiger partial charge in [0, 0.05) is 44.7 Å². The van der Waals surface area contributed by atoms with Gasteiger partial charge in [-0.05, 0) is 46.4 Å². The van der Waals surface area contributed by atoms with Crippen molar-refractivity contribution in [3.8, 4) is 0 Å². The smallest absolute Gasteiger partial charge is 0.143 e. The minimum Gasteiger partial charge on any atom is -0.455 e. The van der Waals surface area contributed by atoms with Crippen molar-refractivity contribution in [2.24, 2.45) is 16.8 Å². The fourth-order valence-electron chi connectivity index (χ4n) is 8.07. The number of thioether (sulfide) groups is 1. The van der Waals surface area contributed by atoms with Crippen molar-refractivity contribution in [1.29, 1.82) is 0 Å². The predicted octanol–water partition coefficient (Wildman–Crippen LogP) is 8.88. The molecule has 3 aliphatic carbocycles. The Balaban J connectivity index is 1.08. The van der Waals surface area contributed by atoms with Gasteiger partial charge in [0.25, 0.3) is 0 Å². The van der Waals surface area contributed by atoms with E-state index in [1.807, 2.05) is 0 Å². The zero-order valence-electron chi connectivity index (χ0n) is 22.9. The summed E-state index contributed by atoms with van der Waals surface area (Å²) in [6.45, 7) is 0. The van der Waals surface area contributed by atoms with Gasteiger partial charge in [0.15, 0.2) is 0 Å². The van der Waals surface area contributed by atoms with Crippen molar-refractivity contribution in [2.75, 3.05) is 0 Å². The molecule has 4 heteroatoms. The molecular formula is C38H28N2OS. The maximum absolute atomic E-state index is 6.43. The number of hydrogen-bond acceptors (Lipinski definition) is 4. The van der Waals surface area contributed by atoms with Gasteiger partial charge in [-0.1, -0.05) is 103 Å². The van der Waals surface area contributed by atoms with Crippen molar-refractivity contribution in [3.05, 3.63) is 132 Å². The number of benzene rings is 4. The Morgan fingerprint density at radius 3 is 2.62 bits per heavy atom. The van der Waals surface area contributed by atoms with E-state index in [4.69, 9.17) is 9.41 Å². The first kappa shape index (κ1) is 23.3. The molecule has 5 aliphatic rings. The molecule has 1 fully saturated rings. The van der Waals surface area contributed by atoms with Crippen molar-refractivity contribution >= 4 is 61.5 Å². The molecule has 10 rings (SSSR count). The Labute approximate surface area is 248 Å². The van der Waals surface area contributed by atoms with Gasteiger partial charge in [-0.15, -0.1) is 11.8 Å². The predicted molar refractivity (Wildman–Crippen MR) is 176 cm³/mol. The number of para-hydroxylation sites is 1. The molecule has 0 amide bonds. The molecule has 4 aromatic carbocycles. The molecule has 0 spiro atoms. The summed E-state index contributed by atoms with van der Waals surface area (Å²) >= 11 is 2.09. The Morgan fingerprint density at radius 2 is 1.67 bits per heavy atom. The summed E-state index contributed by atoms with van der Waals surface area (Å²) in [6, 6.07) is 28.9. The third-order valence-corrected chi connectivity index (χ3v) is 11.6. The van der Waals surface area contributed by atoms with E-state index >= 15 is 0 Å². The Hall–Kier alpha value is -4.28. The lowest BCUT2D eigenvalue weighted by molar-refractivity contribution is 0.421. The van der Waals surface area contributed by atoms with Gasteiger partial charge in [-0.25, -0.2) is 0 Å². The van der Waals surface area contributed by atoms with Gasteiger partial charge in [0.05, 0.1) is 11.3 Å². The highest BCUT2D eigenvalue weighted by Gasteiger charge is 2.49. The molecule has 42 heavy (non-hydrogen) atoms. The Bertz CT molecular complexity index is 2110. The first-order valence-corrected chi connectivity index (χ1v) is 15.9. The molecule has 5 aromatic rings. The molecule has 3 nitrogen and oxygen atoms in total. The van der Waals surface area contributed by atoms with Crippen molar-refractivity contribution in [2.45, 2.75) is 29.0 Å². The fraction of sp³-hybridized carbons (Fsp3) is 0.184. The number of hydrogen-bond donors (Lipinski definition) is 1. The molecule has 0 saturated carbocycles. The van der Waals surface area contributed by atoms with E-state index in [9.17, 15) is 0 Å². The summed E-state index contributed by atoms with van der Waals surface area (Å²) in [5.74, 6) is 1.83. The third kappa shape index (κ3) is 3.16. The van der Waals surface area contributed by atoms with Crippen molar-refractivity contribution < 1.29 is 4.42 Å². The largest absolute Gasteiger partial charge is 0.455 e. The minimum absolute atomic E-state index is 0.148. The van der Waals surface area contributed by atoms with Crippen LogP contribution in [-0.2, 0) is 0 Å². The van der Waals surface area contributed by atoms with E-state index in [0.29, 0.717) is 22.5 Å². The number of aliphatic imine (C=N–C) groups is 1. The molecule has 1 aromatic heterocycles. The van der Waals surface area contributed by atoms with E-state index in [2.05, 4.69) is 132 Å². The number of allylic oxidation sites excluding steroid dienone is 5. The van der Waals surface area contributed by atoms with Crippen LogP contribution in [0.15, 0.2) is 125 Å². The van der Waals surface area contributed by atoms with E-state index in [0.717, 1.165) is 23.4 Å². The van der Waals surface area contributed by atoms with Gasteiger partial charge < -0.3 is 9.73 Å². The number of nitrogens with one attached hydrogen (secondary N) is 1. The highest BCUT2D eigenvalue weighted by molar-refractivity contribution is 8.01. The number of furan rings is 1. The van der Waals surface area contributed by atoms with E-state index < -0.39 is 0 Å². The van der Waals surface area contributed by atoms with Crippen LogP contribution >= 0.6 is 11.8 Å². The van der Waals surface area contributed by atoms with Crippen LogP contribution in [0, 0.1) is 11.8 Å². The van der Waals surface area contributed by atoms with E-state index in [1.54, 1.807) is 0 Å². The van der Waals surface area contributed by atoms with Crippen LogP contribution in [0.3, 0.4) is 0 Å². The zero-order chi connectivity index (χ0) is 27.4. The van der Waals surface area contributed by atoms with Crippen LogP contribution < -0.4 is 5.32 Å². The lowest BCUT2D eigenvalue weighted by Crippen LogP contribution is -2.51. The summed E-state index contributed by atoms with van der Waals surface area (Å²) in [6.07, 6.45) is 14.9. The first-order chi connectivity index (χ1) is 20.8. The molecule has 0 radical (unpaired) electrons. The number of amidine groups is 1. The van der Waals surface area contributed by atoms with Gasteiger partial charge >= 0.3 is 0 Å². The highest BCUT2D eigenvalue weighted by Crippen LogP contribution is 2.53. The second-order valence-corrected chi connectivity index (χ2v) is 13.5. The first-order valence-electron chi connectivity index (χ1n) is 15.0. The SMILES string of the molecule is C1=CC2SC3C(c4ccccc4)N=C(C4C=CC5=C(C4)c4cc6c7ccccc7oc6c6cccc5c46)NC3C2C=C1. The van der Waals surface area contributed by atoms with Crippen LogP contribution in [-0.4, -0.2) is 22.4 Å². The van der Waals surface area contributed by atoms with Crippen LogP contribution in [0.4, 0.5) is 0 Å². The summed E-state index contributed by atoms with van der Waals surface area (Å²) in [5, 5.41) is 9.86. The molecule has 6 unspecified atom stereocenters. The summed E-state index contributed by atoms with van der Waals surface area (Å²) < 4.78 is 6.43. The fourth-order valence-corrected chi connectivity index (χ4v) is 9.84. The number of fused-ring (bicyclic) bond motifs is 9. The summed E-state index contributed by atoms with van der Waals surface area (Å²) in [4.78, 5) is 5.52. The highest BCUT2D eigenvalue weighted by atomic mass is 32.2. The van der Waals surface area contributed by atoms with Crippen LogP contribution in [0.2, 0.25) is 0 Å². The molecule has 3 heterocycles. The van der Waals surface area contributed by atoms with E-state index in [-0.39, 0.29) is 12.0 Å². The monoisotopic (exact) mass is 560 g/mol. The average Bonchev–Trinajstić information content (AvgIpc) is 3.72. The topological polar surface area (TPSA) is 37.5 Å². The lowest BCUT2D eigenvalue weighted by Gasteiger charge is -2.37. The number of nitrogens with zero attached hydrogens (tertiary/aromatic N) is 1.